The highest BCUT2D eigenvalue weighted by Crippen LogP contribution is 2.36. The number of thiophene rings is 1. The summed E-state index contributed by atoms with van der Waals surface area (Å²) >= 11 is 1.72. The maximum Gasteiger partial charge on any atom is 0.148 e. The first-order chi connectivity index (χ1) is 6.31. The van der Waals surface area contributed by atoms with Crippen LogP contribution in [-0.2, 0) is 9.53 Å². The zero-order valence-corrected chi connectivity index (χ0v) is 8.34. The lowest BCUT2D eigenvalue weighted by Gasteiger charge is -2.09. The van der Waals surface area contributed by atoms with Crippen LogP contribution in [0.2, 0.25) is 0 Å². The van der Waals surface area contributed by atoms with Crippen LogP contribution in [0.25, 0.3) is 0 Å². The standard InChI is InChI=1S/C10H12O2S/c1-7-4-5-13-10(7)9-3-2-8(6-11)12-9/h4-6,8-9H,2-3H2,1H3. The van der Waals surface area contributed by atoms with E-state index in [4.69, 9.17) is 4.74 Å². The van der Waals surface area contributed by atoms with Crippen molar-refractivity contribution in [2.45, 2.75) is 32.0 Å². The van der Waals surface area contributed by atoms with Crippen molar-refractivity contribution in [3.05, 3.63) is 21.9 Å². The van der Waals surface area contributed by atoms with E-state index in [0.29, 0.717) is 0 Å². The molecule has 1 fully saturated rings. The fourth-order valence-electron chi connectivity index (χ4n) is 1.67. The summed E-state index contributed by atoms with van der Waals surface area (Å²) in [5, 5.41) is 2.07. The molecule has 70 valence electrons. The van der Waals surface area contributed by atoms with Gasteiger partial charge in [0.15, 0.2) is 0 Å². The van der Waals surface area contributed by atoms with Crippen molar-refractivity contribution in [3.8, 4) is 0 Å². The molecule has 1 aliphatic rings. The number of ether oxygens (including phenoxy) is 1. The van der Waals surface area contributed by atoms with Gasteiger partial charge in [0, 0.05) is 4.88 Å². The zero-order chi connectivity index (χ0) is 9.26. The van der Waals surface area contributed by atoms with Crippen molar-refractivity contribution < 1.29 is 9.53 Å². The highest BCUT2D eigenvalue weighted by molar-refractivity contribution is 7.10. The molecule has 1 saturated heterocycles. The van der Waals surface area contributed by atoms with Crippen molar-refractivity contribution in [2.75, 3.05) is 0 Å². The van der Waals surface area contributed by atoms with Gasteiger partial charge in [0.25, 0.3) is 0 Å². The second kappa shape index (κ2) is 3.60. The molecule has 2 rings (SSSR count). The highest BCUT2D eigenvalue weighted by Gasteiger charge is 2.27. The van der Waals surface area contributed by atoms with Crippen molar-refractivity contribution >= 4 is 17.6 Å². The van der Waals surface area contributed by atoms with Crippen molar-refractivity contribution in [1.82, 2.24) is 0 Å². The molecule has 3 heteroatoms. The molecule has 0 aromatic carbocycles. The molecule has 0 saturated carbocycles. The van der Waals surface area contributed by atoms with Gasteiger partial charge in [-0.2, -0.15) is 0 Å². The Hall–Kier alpha value is -0.670. The Kier molecular flexibility index (Phi) is 2.47. The van der Waals surface area contributed by atoms with Gasteiger partial charge in [0.1, 0.15) is 12.4 Å². The van der Waals surface area contributed by atoms with E-state index in [-0.39, 0.29) is 12.2 Å². The Bertz CT molecular complexity index is 306. The normalized spacial score (nSPS) is 27.8. The van der Waals surface area contributed by atoms with Gasteiger partial charge in [-0.05, 0) is 36.8 Å². The van der Waals surface area contributed by atoms with Crippen LogP contribution in [-0.4, -0.2) is 12.4 Å². The molecule has 0 N–H and O–H groups in total. The molecular weight excluding hydrogens is 184 g/mol. The number of hydrogen-bond donors (Lipinski definition) is 0. The lowest BCUT2D eigenvalue weighted by Crippen LogP contribution is -2.06. The van der Waals surface area contributed by atoms with E-state index in [1.807, 2.05) is 0 Å². The molecule has 1 aromatic heterocycles. The average molecular weight is 196 g/mol. The van der Waals surface area contributed by atoms with Gasteiger partial charge in [0.2, 0.25) is 0 Å². The minimum absolute atomic E-state index is 0.162. The Morgan fingerprint density at radius 3 is 3.00 bits per heavy atom. The molecule has 13 heavy (non-hydrogen) atoms. The molecule has 0 bridgehead atoms. The molecule has 0 aliphatic carbocycles. The number of aryl methyl sites for hydroxylation is 1. The largest absolute Gasteiger partial charge is 0.362 e. The summed E-state index contributed by atoms with van der Waals surface area (Å²) in [4.78, 5) is 11.8. The van der Waals surface area contributed by atoms with Gasteiger partial charge >= 0.3 is 0 Å². The molecule has 2 heterocycles. The Balaban J connectivity index is 2.12. The van der Waals surface area contributed by atoms with E-state index in [0.717, 1.165) is 19.1 Å². The molecule has 0 spiro atoms. The van der Waals surface area contributed by atoms with Crippen molar-refractivity contribution in [3.63, 3.8) is 0 Å². The molecular formula is C10H12O2S. The number of rotatable bonds is 2. The molecule has 0 amide bonds. The van der Waals surface area contributed by atoms with Crippen molar-refractivity contribution in [2.24, 2.45) is 0 Å². The Morgan fingerprint density at radius 2 is 2.46 bits per heavy atom. The maximum atomic E-state index is 10.5. The summed E-state index contributed by atoms with van der Waals surface area (Å²) < 4.78 is 5.58. The number of carbonyl (C=O) groups excluding carboxylic acids is 1. The SMILES string of the molecule is Cc1ccsc1C1CCC(C=O)O1. The second-order valence-electron chi connectivity index (χ2n) is 3.34. The van der Waals surface area contributed by atoms with Crippen LogP contribution in [0.15, 0.2) is 11.4 Å². The maximum absolute atomic E-state index is 10.5. The van der Waals surface area contributed by atoms with Gasteiger partial charge in [-0.3, -0.25) is 0 Å². The van der Waals surface area contributed by atoms with Gasteiger partial charge in [0.05, 0.1) is 6.10 Å². The van der Waals surface area contributed by atoms with Crippen LogP contribution in [0.5, 0.6) is 0 Å². The van der Waals surface area contributed by atoms with Crippen LogP contribution in [0.3, 0.4) is 0 Å². The van der Waals surface area contributed by atoms with Gasteiger partial charge in [-0.1, -0.05) is 0 Å². The molecule has 1 aromatic rings. The lowest BCUT2D eigenvalue weighted by molar-refractivity contribution is -0.117. The van der Waals surface area contributed by atoms with Crippen LogP contribution < -0.4 is 0 Å². The minimum Gasteiger partial charge on any atom is -0.362 e. The topological polar surface area (TPSA) is 26.3 Å². The second-order valence-corrected chi connectivity index (χ2v) is 4.29. The summed E-state index contributed by atoms with van der Waals surface area (Å²) in [6.45, 7) is 2.09. The fraction of sp³-hybridized carbons (Fsp3) is 0.500. The number of aldehydes is 1. The molecule has 2 nitrogen and oxygen atoms in total. The van der Waals surface area contributed by atoms with E-state index < -0.39 is 0 Å². The predicted octanol–water partition coefficient (Wildman–Crippen LogP) is 2.48. The van der Waals surface area contributed by atoms with E-state index >= 15 is 0 Å². The summed E-state index contributed by atoms with van der Waals surface area (Å²) in [6.07, 6.45) is 2.74. The van der Waals surface area contributed by atoms with E-state index in [2.05, 4.69) is 18.4 Å². The van der Waals surface area contributed by atoms with Crippen LogP contribution in [0, 0.1) is 6.92 Å². The monoisotopic (exact) mass is 196 g/mol. The molecule has 1 aliphatic heterocycles. The Labute approximate surface area is 81.5 Å². The zero-order valence-electron chi connectivity index (χ0n) is 7.53. The van der Waals surface area contributed by atoms with Crippen LogP contribution in [0.4, 0.5) is 0 Å². The third kappa shape index (κ3) is 1.67. The van der Waals surface area contributed by atoms with Gasteiger partial charge < -0.3 is 9.53 Å². The third-order valence-corrected chi connectivity index (χ3v) is 3.51. The van der Waals surface area contributed by atoms with Crippen molar-refractivity contribution in [1.29, 1.82) is 0 Å². The number of hydrogen-bond acceptors (Lipinski definition) is 3. The smallest absolute Gasteiger partial charge is 0.148 e. The Morgan fingerprint density at radius 1 is 1.62 bits per heavy atom. The summed E-state index contributed by atoms with van der Waals surface area (Å²) in [7, 11) is 0. The molecule has 0 radical (unpaired) electrons. The fourth-order valence-corrected chi connectivity index (χ4v) is 2.67. The van der Waals surface area contributed by atoms with Gasteiger partial charge in [-0.15, -0.1) is 11.3 Å². The highest BCUT2D eigenvalue weighted by atomic mass is 32.1. The van der Waals surface area contributed by atoms with Gasteiger partial charge in [-0.25, -0.2) is 0 Å². The van der Waals surface area contributed by atoms with Crippen LogP contribution >= 0.6 is 11.3 Å². The quantitative estimate of drug-likeness (QED) is 0.679. The average Bonchev–Trinajstić information content (AvgIpc) is 2.71. The third-order valence-electron chi connectivity index (χ3n) is 2.40. The molecule has 2 unspecified atom stereocenters. The first-order valence-electron chi connectivity index (χ1n) is 4.46. The first kappa shape index (κ1) is 8.91. The van der Waals surface area contributed by atoms with E-state index in [9.17, 15) is 4.79 Å². The number of carbonyl (C=O) groups is 1. The summed E-state index contributed by atoms with van der Waals surface area (Å²) in [5.41, 5.74) is 1.28. The first-order valence-corrected chi connectivity index (χ1v) is 5.34. The molecule has 2 atom stereocenters. The van der Waals surface area contributed by atoms with Crippen LogP contribution in [0.1, 0.15) is 29.4 Å². The predicted molar refractivity (Wildman–Crippen MR) is 52.0 cm³/mol. The summed E-state index contributed by atoms with van der Waals surface area (Å²) in [6, 6.07) is 2.09. The summed E-state index contributed by atoms with van der Waals surface area (Å²) in [5.74, 6) is 0. The van der Waals surface area contributed by atoms with E-state index in [1.54, 1.807) is 11.3 Å². The lowest BCUT2D eigenvalue weighted by atomic mass is 10.1. The minimum atomic E-state index is -0.175. The van der Waals surface area contributed by atoms with E-state index in [1.165, 1.54) is 10.4 Å².